The smallest absolute Gasteiger partial charge is 0.254 e. The molecule has 20 heavy (non-hydrogen) atoms. The van der Waals surface area contributed by atoms with Gasteiger partial charge in [0.15, 0.2) is 17.5 Å². The van der Waals surface area contributed by atoms with Crippen molar-refractivity contribution >= 4 is 11.7 Å². The minimum Gasteiger partial charge on any atom is -0.351 e. The molecule has 2 heterocycles. The fraction of sp³-hybridized carbons (Fsp3) is 0.273. The van der Waals surface area contributed by atoms with Crippen LogP contribution >= 0.6 is 0 Å². The molecule has 0 aliphatic rings. The lowest BCUT2D eigenvalue weighted by atomic mass is 10.2. The van der Waals surface area contributed by atoms with Crippen molar-refractivity contribution in [1.29, 1.82) is 0 Å². The van der Waals surface area contributed by atoms with Gasteiger partial charge < -0.3 is 10.7 Å². The van der Waals surface area contributed by atoms with E-state index < -0.39 is 11.7 Å². The van der Waals surface area contributed by atoms with E-state index in [4.69, 9.17) is 5.84 Å². The molecule has 0 aliphatic heterocycles. The maximum atomic E-state index is 13.8. The molecule has 8 nitrogen and oxygen atoms in total. The van der Waals surface area contributed by atoms with Gasteiger partial charge in [0.1, 0.15) is 6.33 Å². The minimum absolute atomic E-state index is 0.123. The summed E-state index contributed by atoms with van der Waals surface area (Å²) in [4.78, 5) is 19.5. The summed E-state index contributed by atoms with van der Waals surface area (Å²) in [6, 6.07) is 1.28. The predicted octanol–water partition coefficient (Wildman–Crippen LogP) is -0.393. The number of pyridine rings is 1. The molecule has 9 heteroatoms. The van der Waals surface area contributed by atoms with Gasteiger partial charge >= 0.3 is 0 Å². The van der Waals surface area contributed by atoms with Crippen LogP contribution in [0.3, 0.4) is 0 Å². The third-order valence-electron chi connectivity index (χ3n) is 2.55. The molecule has 0 atom stereocenters. The van der Waals surface area contributed by atoms with Crippen LogP contribution in [-0.4, -0.2) is 32.2 Å². The summed E-state index contributed by atoms with van der Waals surface area (Å²) in [6.07, 6.45) is 3.33. The summed E-state index contributed by atoms with van der Waals surface area (Å²) in [5.41, 5.74) is 1.96. The standard InChI is InChI=1S/C11H14FN7O/c1-19-6-16-8(18-19)3-5-15-11(20)7-2-4-14-10(17-13)9(7)12/h2,4,6H,3,5,13H2,1H3,(H,14,17)(H,15,20). The van der Waals surface area contributed by atoms with Crippen LogP contribution in [0.2, 0.25) is 0 Å². The Bertz CT molecular complexity index is 613. The molecule has 0 fully saturated rings. The van der Waals surface area contributed by atoms with Gasteiger partial charge in [-0.1, -0.05) is 0 Å². The summed E-state index contributed by atoms with van der Waals surface area (Å²) >= 11 is 0. The van der Waals surface area contributed by atoms with Gasteiger partial charge in [-0.25, -0.2) is 20.2 Å². The third kappa shape index (κ3) is 3.06. The minimum atomic E-state index is -0.788. The number of hydrogen-bond donors (Lipinski definition) is 3. The Morgan fingerprint density at radius 1 is 1.50 bits per heavy atom. The van der Waals surface area contributed by atoms with Crippen molar-refractivity contribution in [3.05, 3.63) is 35.8 Å². The van der Waals surface area contributed by atoms with Gasteiger partial charge in [-0.2, -0.15) is 5.10 Å². The van der Waals surface area contributed by atoms with Gasteiger partial charge in [-0.15, -0.1) is 0 Å². The van der Waals surface area contributed by atoms with Crippen molar-refractivity contribution in [2.45, 2.75) is 6.42 Å². The largest absolute Gasteiger partial charge is 0.351 e. The Balaban J connectivity index is 1.95. The molecule has 0 saturated heterocycles. The molecule has 0 radical (unpaired) electrons. The molecule has 0 spiro atoms. The second kappa shape index (κ2) is 6.06. The van der Waals surface area contributed by atoms with Crippen LogP contribution in [-0.2, 0) is 13.5 Å². The number of aryl methyl sites for hydroxylation is 1. The number of amides is 1. The van der Waals surface area contributed by atoms with Crippen molar-refractivity contribution in [1.82, 2.24) is 25.1 Å². The highest BCUT2D eigenvalue weighted by Crippen LogP contribution is 2.13. The molecule has 0 aliphatic carbocycles. The van der Waals surface area contributed by atoms with Crippen LogP contribution in [0.4, 0.5) is 10.2 Å². The second-order valence-electron chi connectivity index (χ2n) is 4.01. The number of nitrogens with zero attached hydrogens (tertiary/aromatic N) is 4. The molecule has 4 N–H and O–H groups in total. The Hall–Kier alpha value is -2.55. The first-order valence-electron chi connectivity index (χ1n) is 5.85. The number of hydrazine groups is 1. The van der Waals surface area contributed by atoms with Crippen molar-refractivity contribution in [2.24, 2.45) is 12.9 Å². The highest BCUT2D eigenvalue weighted by Gasteiger charge is 2.15. The van der Waals surface area contributed by atoms with E-state index in [1.54, 1.807) is 18.1 Å². The lowest BCUT2D eigenvalue weighted by molar-refractivity contribution is 0.0950. The number of carbonyl (C=O) groups excluding carboxylic acids is 1. The Morgan fingerprint density at radius 2 is 2.30 bits per heavy atom. The van der Waals surface area contributed by atoms with E-state index >= 15 is 0 Å². The molecule has 0 aromatic carbocycles. The molecule has 2 aromatic heterocycles. The molecule has 0 bridgehead atoms. The van der Waals surface area contributed by atoms with E-state index in [-0.39, 0.29) is 11.4 Å². The third-order valence-corrected chi connectivity index (χ3v) is 2.55. The van der Waals surface area contributed by atoms with E-state index in [9.17, 15) is 9.18 Å². The topological polar surface area (TPSA) is 111 Å². The zero-order valence-electron chi connectivity index (χ0n) is 10.8. The normalized spacial score (nSPS) is 10.3. The van der Waals surface area contributed by atoms with Gasteiger partial charge in [0, 0.05) is 26.2 Å². The fourth-order valence-electron chi connectivity index (χ4n) is 1.60. The van der Waals surface area contributed by atoms with Gasteiger partial charge in [0.05, 0.1) is 5.56 Å². The predicted molar refractivity (Wildman–Crippen MR) is 69.0 cm³/mol. The van der Waals surface area contributed by atoms with Crippen LogP contribution in [0.5, 0.6) is 0 Å². The first-order chi connectivity index (χ1) is 9.61. The SMILES string of the molecule is Cn1cnc(CCNC(=O)c2ccnc(NN)c2F)n1. The summed E-state index contributed by atoms with van der Waals surface area (Å²) in [6.45, 7) is 0.302. The van der Waals surface area contributed by atoms with Gasteiger partial charge in [-0.3, -0.25) is 9.48 Å². The van der Waals surface area contributed by atoms with E-state index in [2.05, 4.69) is 25.8 Å². The van der Waals surface area contributed by atoms with Crippen LogP contribution in [0.15, 0.2) is 18.6 Å². The van der Waals surface area contributed by atoms with Gasteiger partial charge in [0.25, 0.3) is 5.91 Å². The van der Waals surface area contributed by atoms with Crippen molar-refractivity contribution in [2.75, 3.05) is 12.0 Å². The Labute approximate surface area is 114 Å². The first kappa shape index (κ1) is 13.9. The maximum Gasteiger partial charge on any atom is 0.254 e. The second-order valence-corrected chi connectivity index (χ2v) is 4.01. The molecule has 1 amide bonds. The number of aromatic nitrogens is 4. The molecular formula is C11H14FN7O. The van der Waals surface area contributed by atoms with E-state index in [0.717, 1.165) is 0 Å². The number of rotatable bonds is 5. The lowest BCUT2D eigenvalue weighted by Crippen LogP contribution is -2.27. The number of nitrogens with two attached hydrogens (primary N) is 1. The summed E-state index contributed by atoms with van der Waals surface area (Å²) in [5, 5.41) is 6.65. The molecule has 106 valence electrons. The zero-order valence-corrected chi connectivity index (χ0v) is 10.8. The summed E-state index contributed by atoms with van der Waals surface area (Å²) in [7, 11) is 1.75. The van der Waals surface area contributed by atoms with Crippen LogP contribution in [0, 0.1) is 5.82 Å². The highest BCUT2D eigenvalue weighted by atomic mass is 19.1. The monoisotopic (exact) mass is 279 g/mol. The number of carbonyl (C=O) groups is 1. The number of hydrogen-bond acceptors (Lipinski definition) is 6. The van der Waals surface area contributed by atoms with Crippen LogP contribution in [0.1, 0.15) is 16.2 Å². The van der Waals surface area contributed by atoms with Crippen molar-refractivity contribution < 1.29 is 9.18 Å². The summed E-state index contributed by atoms with van der Waals surface area (Å²) < 4.78 is 15.4. The van der Waals surface area contributed by atoms with E-state index in [1.807, 2.05) is 0 Å². The number of anilines is 1. The maximum absolute atomic E-state index is 13.8. The average Bonchev–Trinajstić information content (AvgIpc) is 2.84. The quantitative estimate of drug-likeness (QED) is 0.507. The number of halogens is 1. The average molecular weight is 279 g/mol. The van der Waals surface area contributed by atoms with Crippen molar-refractivity contribution in [3.8, 4) is 0 Å². The fourth-order valence-corrected chi connectivity index (χ4v) is 1.60. The van der Waals surface area contributed by atoms with Gasteiger partial charge in [0.2, 0.25) is 0 Å². The van der Waals surface area contributed by atoms with E-state index in [0.29, 0.717) is 18.8 Å². The van der Waals surface area contributed by atoms with E-state index in [1.165, 1.54) is 12.3 Å². The molecule has 2 aromatic rings. The highest BCUT2D eigenvalue weighted by molar-refractivity contribution is 5.95. The van der Waals surface area contributed by atoms with Gasteiger partial charge in [-0.05, 0) is 6.07 Å². The molecule has 2 rings (SSSR count). The lowest BCUT2D eigenvalue weighted by Gasteiger charge is -2.07. The van der Waals surface area contributed by atoms with Crippen LogP contribution < -0.4 is 16.6 Å². The Kier molecular flexibility index (Phi) is 4.20. The number of nitrogens with one attached hydrogen (secondary N) is 2. The molecule has 0 saturated carbocycles. The number of nitrogen functional groups attached to an aromatic ring is 1. The van der Waals surface area contributed by atoms with Crippen LogP contribution in [0.25, 0.3) is 0 Å². The summed E-state index contributed by atoms with van der Waals surface area (Å²) in [5.74, 6) is 4.19. The zero-order chi connectivity index (χ0) is 14.5. The Morgan fingerprint density at radius 3 is 2.95 bits per heavy atom. The molecule has 0 unspecified atom stereocenters. The van der Waals surface area contributed by atoms with Crippen molar-refractivity contribution in [3.63, 3.8) is 0 Å². The first-order valence-corrected chi connectivity index (χ1v) is 5.85. The molecular weight excluding hydrogens is 265 g/mol.